The van der Waals surface area contributed by atoms with Gasteiger partial charge in [-0.1, -0.05) is 0 Å². The van der Waals surface area contributed by atoms with Crippen LogP contribution in [0.25, 0.3) is 0 Å². The maximum absolute atomic E-state index is 12.5. The van der Waals surface area contributed by atoms with Crippen LogP contribution in [-0.4, -0.2) is 41.7 Å². The summed E-state index contributed by atoms with van der Waals surface area (Å²) >= 11 is 0. The SMILES string of the molecule is O=C(c1ccc2c(c1)CCCN2)N1CCC[C@@H]1CO. The lowest BCUT2D eigenvalue weighted by Crippen LogP contribution is -2.37. The molecule has 1 saturated heterocycles. The minimum atomic E-state index is 0.00153. The Balaban J connectivity index is 1.83. The first-order valence-corrected chi connectivity index (χ1v) is 7.08. The second-order valence-electron chi connectivity index (χ2n) is 5.38. The summed E-state index contributed by atoms with van der Waals surface area (Å²) in [5.41, 5.74) is 3.14. The van der Waals surface area contributed by atoms with Gasteiger partial charge in [0.15, 0.2) is 0 Å². The van der Waals surface area contributed by atoms with Crippen molar-refractivity contribution < 1.29 is 9.90 Å². The lowest BCUT2D eigenvalue weighted by molar-refractivity contribution is 0.0677. The van der Waals surface area contributed by atoms with Gasteiger partial charge >= 0.3 is 0 Å². The van der Waals surface area contributed by atoms with Crippen molar-refractivity contribution in [2.45, 2.75) is 31.7 Å². The molecule has 2 heterocycles. The van der Waals surface area contributed by atoms with Gasteiger partial charge in [0.05, 0.1) is 12.6 Å². The van der Waals surface area contributed by atoms with Crippen LogP contribution >= 0.6 is 0 Å². The van der Waals surface area contributed by atoms with Crippen molar-refractivity contribution in [3.8, 4) is 0 Å². The van der Waals surface area contributed by atoms with E-state index in [1.165, 1.54) is 5.56 Å². The van der Waals surface area contributed by atoms with E-state index in [1.807, 2.05) is 23.1 Å². The van der Waals surface area contributed by atoms with E-state index >= 15 is 0 Å². The first-order valence-electron chi connectivity index (χ1n) is 7.08. The van der Waals surface area contributed by atoms with Gasteiger partial charge in [0.25, 0.3) is 5.91 Å². The molecule has 0 bridgehead atoms. The van der Waals surface area contributed by atoms with Crippen molar-refractivity contribution in [2.24, 2.45) is 0 Å². The maximum Gasteiger partial charge on any atom is 0.254 e. The normalized spacial score (nSPS) is 21.9. The lowest BCUT2D eigenvalue weighted by Gasteiger charge is -2.24. The summed E-state index contributed by atoms with van der Waals surface area (Å²) in [6, 6.07) is 5.91. The summed E-state index contributed by atoms with van der Waals surface area (Å²) in [4.78, 5) is 14.3. The standard InChI is InChI=1S/C15H20N2O2/c18-10-13-4-2-8-17(13)15(19)12-5-6-14-11(9-12)3-1-7-16-14/h5-6,9,13,16,18H,1-4,7-8,10H2/t13-/m1/s1. The largest absolute Gasteiger partial charge is 0.394 e. The molecule has 1 aromatic rings. The molecule has 1 aromatic carbocycles. The molecule has 3 rings (SSSR count). The topological polar surface area (TPSA) is 52.6 Å². The van der Waals surface area contributed by atoms with E-state index in [2.05, 4.69) is 5.32 Å². The average molecular weight is 260 g/mol. The number of nitrogens with zero attached hydrogens (tertiary/aromatic N) is 1. The summed E-state index contributed by atoms with van der Waals surface area (Å²) in [5, 5.41) is 12.7. The summed E-state index contributed by atoms with van der Waals surface area (Å²) in [6.07, 6.45) is 4.05. The van der Waals surface area contributed by atoms with E-state index in [1.54, 1.807) is 0 Å². The lowest BCUT2D eigenvalue weighted by atomic mass is 10.00. The van der Waals surface area contributed by atoms with Crippen LogP contribution in [0.15, 0.2) is 18.2 Å². The fraction of sp³-hybridized carbons (Fsp3) is 0.533. The van der Waals surface area contributed by atoms with Crippen LogP contribution in [0.1, 0.15) is 35.2 Å². The number of aliphatic hydroxyl groups excluding tert-OH is 1. The highest BCUT2D eigenvalue weighted by Gasteiger charge is 2.29. The molecule has 1 atom stereocenters. The number of nitrogens with one attached hydrogen (secondary N) is 1. The van der Waals surface area contributed by atoms with E-state index in [-0.39, 0.29) is 18.6 Å². The Hall–Kier alpha value is -1.55. The van der Waals surface area contributed by atoms with Crippen LogP contribution in [-0.2, 0) is 6.42 Å². The Morgan fingerprint density at radius 1 is 1.42 bits per heavy atom. The van der Waals surface area contributed by atoms with Gasteiger partial charge in [0, 0.05) is 24.3 Å². The number of aryl methyl sites for hydroxylation is 1. The molecule has 102 valence electrons. The number of anilines is 1. The molecule has 4 nitrogen and oxygen atoms in total. The molecule has 0 aromatic heterocycles. The van der Waals surface area contributed by atoms with Crippen LogP contribution in [0.2, 0.25) is 0 Å². The molecular formula is C15H20N2O2. The first kappa shape index (κ1) is 12.5. The molecule has 2 N–H and O–H groups in total. The molecule has 2 aliphatic rings. The Bertz CT molecular complexity index is 487. The minimum absolute atomic E-state index is 0.00153. The Morgan fingerprint density at radius 2 is 2.32 bits per heavy atom. The first-order chi connectivity index (χ1) is 9.29. The molecule has 1 fully saturated rings. The van der Waals surface area contributed by atoms with Gasteiger partial charge in [0.2, 0.25) is 0 Å². The average Bonchev–Trinajstić information content (AvgIpc) is 2.94. The molecule has 0 aliphatic carbocycles. The Kier molecular flexibility index (Phi) is 3.42. The van der Waals surface area contributed by atoms with Crippen LogP contribution < -0.4 is 5.32 Å². The Morgan fingerprint density at radius 3 is 3.16 bits per heavy atom. The Labute approximate surface area is 113 Å². The van der Waals surface area contributed by atoms with Crippen molar-refractivity contribution in [1.82, 2.24) is 4.90 Å². The van der Waals surface area contributed by atoms with Gasteiger partial charge < -0.3 is 15.3 Å². The zero-order valence-electron chi connectivity index (χ0n) is 11.1. The van der Waals surface area contributed by atoms with Crippen LogP contribution in [0.4, 0.5) is 5.69 Å². The zero-order valence-corrected chi connectivity index (χ0v) is 11.1. The predicted molar refractivity (Wildman–Crippen MR) is 74.4 cm³/mol. The number of fused-ring (bicyclic) bond motifs is 1. The fourth-order valence-electron chi connectivity index (χ4n) is 3.07. The number of carbonyl (C=O) groups is 1. The van der Waals surface area contributed by atoms with Gasteiger partial charge in [-0.25, -0.2) is 0 Å². The van der Waals surface area contributed by atoms with Crippen LogP contribution in [0.5, 0.6) is 0 Å². The fourth-order valence-corrected chi connectivity index (χ4v) is 3.07. The molecule has 19 heavy (non-hydrogen) atoms. The number of hydrogen-bond donors (Lipinski definition) is 2. The van der Waals surface area contributed by atoms with E-state index in [4.69, 9.17) is 0 Å². The monoisotopic (exact) mass is 260 g/mol. The molecule has 0 unspecified atom stereocenters. The number of benzene rings is 1. The number of amides is 1. The summed E-state index contributed by atoms with van der Waals surface area (Å²) in [5.74, 6) is 0.0601. The van der Waals surface area contributed by atoms with Gasteiger partial charge in [-0.3, -0.25) is 4.79 Å². The van der Waals surface area contributed by atoms with Crippen LogP contribution in [0, 0.1) is 0 Å². The van der Waals surface area contributed by atoms with E-state index in [0.717, 1.165) is 50.0 Å². The number of carbonyl (C=O) groups excluding carboxylic acids is 1. The molecule has 0 spiro atoms. The summed E-state index contributed by atoms with van der Waals surface area (Å²) < 4.78 is 0. The number of likely N-dealkylation sites (tertiary alicyclic amines) is 1. The van der Waals surface area contributed by atoms with Gasteiger partial charge in [-0.05, 0) is 49.4 Å². The minimum Gasteiger partial charge on any atom is -0.394 e. The van der Waals surface area contributed by atoms with Gasteiger partial charge in [0.1, 0.15) is 0 Å². The van der Waals surface area contributed by atoms with E-state index < -0.39 is 0 Å². The number of hydrogen-bond acceptors (Lipinski definition) is 3. The highest BCUT2D eigenvalue weighted by molar-refractivity contribution is 5.95. The van der Waals surface area contributed by atoms with Crippen molar-refractivity contribution >= 4 is 11.6 Å². The van der Waals surface area contributed by atoms with Crippen molar-refractivity contribution in [3.05, 3.63) is 29.3 Å². The van der Waals surface area contributed by atoms with Gasteiger partial charge in [-0.15, -0.1) is 0 Å². The molecular weight excluding hydrogens is 240 g/mol. The smallest absolute Gasteiger partial charge is 0.254 e. The zero-order chi connectivity index (χ0) is 13.2. The number of aliphatic hydroxyl groups is 1. The molecule has 2 aliphatic heterocycles. The summed E-state index contributed by atoms with van der Waals surface area (Å²) in [6.45, 7) is 1.84. The second-order valence-corrected chi connectivity index (χ2v) is 5.38. The van der Waals surface area contributed by atoms with Crippen LogP contribution in [0.3, 0.4) is 0 Å². The third-order valence-corrected chi connectivity index (χ3v) is 4.14. The third-order valence-electron chi connectivity index (χ3n) is 4.14. The highest BCUT2D eigenvalue weighted by atomic mass is 16.3. The highest BCUT2D eigenvalue weighted by Crippen LogP contribution is 2.25. The van der Waals surface area contributed by atoms with E-state index in [0.29, 0.717) is 0 Å². The molecule has 1 amide bonds. The molecule has 0 saturated carbocycles. The molecule has 0 radical (unpaired) electrons. The van der Waals surface area contributed by atoms with Gasteiger partial charge in [-0.2, -0.15) is 0 Å². The molecule has 4 heteroatoms. The van der Waals surface area contributed by atoms with Crippen molar-refractivity contribution in [3.63, 3.8) is 0 Å². The number of rotatable bonds is 2. The third kappa shape index (κ3) is 2.32. The summed E-state index contributed by atoms with van der Waals surface area (Å²) in [7, 11) is 0. The quantitative estimate of drug-likeness (QED) is 0.850. The van der Waals surface area contributed by atoms with E-state index in [9.17, 15) is 9.90 Å². The second kappa shape index (κ2) is 5.21. The predicted octanol–water partition coefficient (Wildman–Crippen LogP) is 1.64. The van der Waals surface area contributed by atoms with Crippen molar-refractivity contribution in [2.75, 3.05) is 25.0 Å². The van der Waals surface area contributed by atoms with Crippen molar-refractivity contribution in [1.29, 1.82) is 0 Å². The maximum atomic E-state index is 12.5.